The number of nitrogens with one attached hydrogen (secondary N) is 1. The van der Waals surface area contributed by atoms with Crippen LogP contribution in [0.5, 0.6) is 0 Å². The van der Waals surface area contributed by atoms with E-state index in [1.807, 2.05) is 72.5 Å². The van der Waals surface area contributed by atoms with Crippen molar-refractivity contribution >= 4 is 27.7 Å². The first kappa shape index (κ1) is 24.0. The lowest BCUT2D eigenvalue weighted by Crippen LogP contribution is -2.47. The molecule has 1 aliphatic rings. The summed E-state index contributed by atoms with van der Waals surface area (Å²) in [6, 6.07) is 21.3. The average molecular weight is 483 g/mol. The molecule has 1 unspecified atom stereocenters. The number of carbonyl (C=O) groups is 1. The number of hydrogen-bond donors (Lipinski definition) is 1. The lowest BCUT2D eigenvalue weighted by molar-refractivity contribution is 0.169. The van der Waals surface area contributed by atoms with Crippen LogP contribution >= 0.6 is 0 Å². The minimum atomic E-state index is -0.391. The van der Waals surface area contributed by atoms with Gasteiger partial charge in [-0.3, -0.25) is 9.36 Å². The van der Waals surface area contributed by atoms with Gasteiger partial charge in [-0.15, -0.1) is 0 Å². The van der Waals surface area contributed by atoms with Gasteiger partial charge < -0.3 is 10.2 Å². The van der Waals surface area contributed by atoms with E-state index in [0.717, 1.165) is 48.6 Å². The second kappa shape index (κ2) is 10.5. The van der Waals surface area contributed by atoms with E-state index in [9.17, 15) is 9.59 Å². The van der Waals surface area contributed by atoms with Gasteiger partial charge in [0.1, 0.15) is 5.82 Å². The van der Waals surface area contributed by atoms with E-state index in [1.54, 1.807) is 4.57 Å². The largest absolute Gasteiger partial charge is 0.335 e. The fraction of sp³-hybridized carbons (Fsp3) is 0.367. The number of fused-ring (bicyclic) bond motifs is 2. The zero-order valence-electron chi connectivity index (χ0n) is 21.1. The van der Waals surface area contributed by atoms with Gasteiger partial charge in [-0.2, -0.15) is 0 Å². The first-order chi connectivity index (χ1) is 17.6. The molecule has 1 fully saturated rings. The van der Waals surface area contributed by atoms with Crippen LogP contribution in [0, 0.1) is 0 Å². The van der Waals surface area contributed by atoms with Crippen molar-refractivity contribution in [3.8, 4) is 5.69 Å². The Morgan fingerprint density at radius 1 is 1.03 bits per heavy atom. The molecule has 0 radical (unpaired) electrons. The van der Waals surface area contributed by atoms with Gasteiger partial charge in [-0.1, -0.05) is 68.7 Å². The number of para-hydroxylation sites is 1. The summed E-state index contributed by atoms with van der Waals surface area (Å²) < 4.78 is 1.69. The Labute approximate surface area is 212 Å². The predicted octanol–water partition coefficient (Wildman–Crippen LogP) is 6.35. The van der Waals surface area contributed by atoms with Gasteiger partial charge in [0.15, 0.2) is 0 Å². The first-order valence-corrected chi connectivity index (χ1v) is 13.1. The Balaban J connectivity index is 1.61. The number of aromatic nitrogens is 2. The van der Waals surface area contributed by atoms with Crippen LogP contribution in [0.3, 0.4) is 0 Å². The summed E-state index contributed by atoms with van der Waals surface area (Å²) in [5.74, 6) is 0.571. The molecule has 1 aliphatic carbocycles. The molecule has 36 heavy (non-hydrogen) atoms. The molecule has 4 aromatic rings. The Bertz CT molecular complexity index is 1440. The molecule has 0 saturated heterocycles. The maximum Gasteiger partial charge on any atom is 0.318 e. The fourth-order valence-electron chi connectivity index (χ4n) is 5.35. The zero-order valence-corrected chi connectivity index (χ0v) is 21.1. The molecular weight excluding hydrogens is 448 g/mol. The minimum Gasteiger partial charge on any atom is -0.335 e. The molecule has 1 heterocycles. The van der Waals surface area contributed by atoms with Crippen molar-refractivity contribution in [2.75, 3.05) is 6.54 Å². The van der Waals surface area contributed by atoms with Gasteiger partial charge in [-0.05, 0) is 61.2 Å². The number of rotatable bonds is 6. The van der Waals surface area contributed by atoms with Crippen molar-refractivity contribution in [1.29, 1.82) is 0 Å². The number of urea groups is 1. The molecule has 1 atom stereocenters. The molecule has 2 amide bonds. The normalized spacial score (nSPS) is 15.2. The number of hydrogen-bond acceptors (Lipinski definition) is 3. The smallest absolute Gasteiger partial charge is 0.318 e. The van der Waals surface area contributed by atoms with Crippen LogP contribution in [0.15, 0.2) is 71.5 Å². The fourth-order valence-corrected chi connectivity index (χ4v) is 5.35. The standard InChI is InChI=1S/C30H34N4O2/c1-3-19-33(30(36)31-24-13-5-4-6-14-24)21(2)28-32-27-16-10-9-15-26(27)29(35)34(28)25-18-17-22-11-7-8-12-23(22)20-25/h7-12,15-18,20-21,24H,3-6,13-14,19H2,1-2H3,(H,31,36). The van der Waals surface area contributed by atoms with Crippen LogP contribution in [0.2, 0.25) is 0 Å². The van der Waals surface area contributed by atoms with Crippen molar-refractivity contribution in [2.45, 2.75) is 64.5 Å². The number of amides is 2. The third-order valence-electron chi connectivity index (χ3n) is 7.29. The highest BCUT2D eigenvalue weighted by Gasteiger charge is 2.28. The van der Waals surface area contributed by atoms with Gasteiger partial charge in [-0.25, -0.2) is 9.78 Å². The van der Waals surface area contributed by atoms with Gasteiger partial charge in [0.05, 0.1) is 22.6 Å². The van der Waals surface area contributed by atoms with Crippen molar-refractivity contribution < 1.29 is 4.79 Å². The topological polar surface area (TPSA) is 67.2 Å². The number of benzene rings is 3. The van der Waals surface area contributed by atoms with E-state index in [1.165, 1.54) is 6.42 Å². The predicted molar refractivity (Wildman–Crippen MR) is 146 cm³/mol. The molecule has 5 rings (SSSR count). The van der Waals surface area contributed by atoms with Crippen LogP contribution in [0.25, 0.3) is 27.4 Å². The third kappa shape index (κ3) is 4.72. The molecule has 1 N–H and O–H groups in total. The Morgan fingerprint density at radius 2 is 1.75 bits per heavy atom. The van der Waals surface area contributed by atoms with Crippen LogP contribution < -0.4 is 10.9 Å². The SMILES string of the molecule is CCCN(C(=O)NC1CCCCC1)C(C)c1nc2ccccc2c(=O)n1-c1ccc2ccccc2c1. The lowest BCUT2D eigenvalue weighted by Gasteiger charge is -2.33. The summed E-state index contributed by atoms with van der Waals surface area (Å²) in [6.07, 6.45) is 6.41. The van der Waals surface area contributed by atoms with Crippen molar-refractivity contribution in [3.63, 3.8) is 0 Å². The van der Waals surface area contributed by atoms with Gasteiger partial charge >= 0.3 is 6.03 Å². The minimum absolute atomic E-state index is 0.0799. The maximum atomic E-state index is 13.9. The molecule has 3 aromatic carbocycles. The Kier molecular flexibility index (Phi) is 7.03. The summed E-state index contributed by atoms with van der Waals surface area (Å²) in [6.45, 7) is 4.63. The summed E-state index contributed by atoms with van der Waals surface area (Å²) in [5.41, 5.74) is 1.27. The molecule has 0 bridgehead atoms. The highest BCUT2D eigenvalue weighted by molar-refractivity contribution is 5.85. The second-order valence-corrected chi connectivity index (χ2v) is 9.81. The monoisotopic (exact) mass is 482 g/mol. The highest BCUT2D eigenvalue weighted by Crippen LogP contribution is 2.26. The zero-order chi connectivity index (χ0) is 25.1. The van der Waals surface area contributed by atoms with E-state index in [4.69, 9.17) is 4.98 Å². The molecule has 0 aliphatic heterocycles. The lowest BCUT2D eigenvalue weighted by atomic mass is 9.96. The summed E-state index contributed by atoms with van der Waals surface area (Å²) in [5, 5.41) is 5.99. The van der Waals surface area contributed by atoms with Crippen LogP contribution in [-0.2, 0) is 0 Å². The Hall–Kier alpha value is -3.67. The van der Waals surface area contributed by atoms with E-state index < -0.39 is 6.04 Å². The molecule has 0 spiro atoms. The molecule has 1 saturated carbocycles. The second-order valence-electron chi connectivity index (χ2n) is 9.81. The summed E-state index contributed by atoms with van der Waals surface area (Å²) in [4.78, 5) is 34.2. The highest BCUT2D eigenvalue weighted by atomic mass is 16.2. The van der Waals surface area contributed by atoms with Crippen LogP contribution in [0.1, 0.15) is 64.2 Å². The van der Waals surface area contributed by atoms with Crippen molar-refractivity contribution in [2.24, 2.45) is 0 Å². The van der Waals surface area contributed by atoms with E-state index in [2.05, 4.69) is 18.3 Å². The average Bonchev–Trinajstić information content (AvgIpc) is 2.91. The third-order valence-corrected chi connectivity index (χ3v) is 7.29. The molecule has 1 aromatic heterocycles. The van der Waals surface area contributed by atoms with Crippen LogP contribution in [0.4, 0.5) is 4.79 Å². The number of nitrogens with zero attached hydrogens (tertiary/aromatic N) is 3. The molecular formula is C30H34N4O2. The van der Waals surface area contributed by atoms with Gasteiger partial charge in [0.25, 0.3) is 5.56 Å². The first-order valence-electron chi connectivity index (χ1n) is 13.1. The quantitative estimate of drug-likeness (QED) is 0.348. The van der Waals surface area contributed by atoms with E-state index >= 15 is 0 Å². The van der Waals surface area contributed by atoms with E-state index in [-0.39, 0.29) is 17.6 Å². The number of carbonyl (C=O) groups excluding carboxylic acids is 1. The van der Waals surface area contributed by atoms with Crippen molar-refractivity contribution in [3.05, 3.63) is 82.9 Å². The van der Waals surface area contributed by atoms with E-state index in [0.29, 0.717) is 23.3 Å². The van der Waals surface area contributed by atoms with Gasteiger partial charge in [0, 0.05) is 12.6 Å². The summed E-state index contributed by atoms with van der Waals surface area (Å²) in [7, 11) is 0. The van der Waals surface area contributed by atoms with Gasteiger partial charge in [0.2, 0.25) is 0 Å². The van der Waals surface area contributed by atoms with Crippen LogP contribution in [-0.4, -0.2) is 33.1 Å². The van der Waals surface area contributed by atoms with Crippen molar-refractivity contribution in [1.82, 2.24) is 19.8 Å². The maximum absolute atomic E-state index is 13.9. The molecule has 6 nitrogen and oxygen atoms in total. The Morgan fingerprint density at radius 3 is 2.53 bits per heavy atom. The molecule has 6 heteroatoms. The summed E-state index contributed by atoms with van der Waals surface area (Å²) >= 11 is 0. The molecule has 186 valence electrons.